The summed E-state index contributed by atoms with van der Waals surface area (Å²) < 4.78 is 1.11. The van der Waals surface area contributed by atoms with Crippen molar-refractivity contribution in [1.82, 2.24) is 15.0 Å². The minimum atomic E-state index is 0.128. The van der Waals surface area contributed by atoms with Gasteiger partial charge in [-0.15, -0.1) is 0 Å². The van der Waals surface area contributed by atoms with Crippen molar-refractivity contribution in [3.63, 3.8) is 0 Å². The summed E-state index contributed by atoms with van der Waals surface area (Å²) in [6.45, 7) is 0.734. The minimum absolute atomic E-state index is 0.128. The predicted molar refractivity (Wildman–Crippen MR) is 108 cm³/mol. The quantitative estimate of drug-likeness (QED) is 0.379. The van der Waals surface area contributed by atoms with Crippen LogP contribution in [0.5, 0.6) is 0 Å². The molecule has 0 radical (unpaired) electrons. The molecule has 0 atom stereocenters. The van der Waals surface area contributed by atoms with Gasteiger partial charge in [-0.05, 0) is 53.3 Å². The molecule has 128 valence electrons. The first kappa shape index (κ1) is 17.6. The normalized spacial score (nSPS) is 10.5. The van der Waals surface area contributed by atoms with E-state index < -0.39 is 0 Å². The van der Waals surface area contributed by atoms with E-state index in [2.05, 4.69) is 48.2 Å². The van der Waals surface area contributed by atoms with Crippen LogP contribution in [0.25, 0.3) is 11.3 Å². The van der Waals surface area contributed by atoms with E-state index in [0.29, 0.717) is 24.7 Å². The Bertz CT molecular complexity index is 829. The van der Waals surface area contributed by atoms with E-state index in [1.165, 1.54) is 0 Å². The highest BCUT2D eigenvalue weighted by molar-refractivity contribution is 14.1. The third kappa shape index (κ3) is 4.86. The Morgan fingerprint density at radius 3 is 2.72 bits per heavy atom. The van der Waals surface area contributed by atoms with Crippen LogP contribution in [0.15, 0.2) is 54.9 Å². The second-order valence-corrected chi connectivity index (χ2v) is 6.47. The highest BCUT2D eigenvalue weighted by atomic mass is 127. The van der Waals surface area contributed by atoms with Crippen molar-refractivity contribution < 1.29 is 5.11 Å². The Morgan fingerprint density at radius 1 is 1.08 bits per heavy atom. The highest BCUT2D eigenvalue weighted by Crippen LogP contribution is 2.25. The number of nitrogens with zero attached hydrogens (tertiary/aromatic N) is 3. The monoisotopic (exact) mass is 447 g/mol. The molecule has 0 amide bonds. The zero-order valence-corrected chi connectivity index (χ0v) is 15.6. The van der Waals surface area contributed by atoms with E-state index in [1.54, 1.807) is 12.4 Å². The Balaban J connectivity index is 1.93. The molecule has 2 heterocycles. The van der Waals surface area contributed by atoms with Crippen molar-refractivity contribution in [2.75, 3.05) is 23.8 Å². The molecule has 0 aliphatic carbocycles. The number of rotatable bonds is 7. The molecular formula is C18H18IN5O. The molecule has 3 N–H and O–H groups in total. The third-order valence-electron chi connectivity index (χ3n) is 3.44. The molecule has 0 spiro atoms. The summed E-state index contributed by atoms with van der Waals surface area (Å²) in [5.41, 5.74) is 2.68. The maximum atomic E-state index is 8.95. The van der Waals surface area contributed by atoms with Gasteiger partial charge in [0.2, 0.25) is 5.95 Å². The first-order valence-electron chi connectivity index (χ1n) is 7.92. The maximum absolute atomic E-state index is 8.95. The molecule has 6 nitrogen and oxygen atoms in total. The zero-order valence-electron chi connectivity index (χ0n) is 13.5. The van der Waals surface area contributed by atoms with Crippen LogP contribution in [0.3, 0.4) is 0 Å². The molecule has 1 aromatic carbocycles. The van der Waals surface area contributed by atoms with E-state index in [4.69, 9.17) is 5.11 Å². The minimum Gasteiger partial charge on any atom is -0.396 e. The van der Waals surface area contributed by atoms with Gasteiger partial charge in [-0.3, -0.25) is 4.98 Å². The number of benzene rings is 1. The van der Waals surface area contributed by atoms with Gasteiger partial charge in [-0.25, -0.2) is 4.98 Å². The van der Waals surface area contributed by atoms with Gasteiger partial charge in [0.1, 0.15) is 5.82 Å². The molecule has 2 aromatic heterocycles. The second-order valence-electron chi connectivity index (χ2n) is 5.31. The summed E-state index contributed by atoms with van der Waals surface area (Å²) >= 11 is 2.28. The number of pyridine rings is 1. The predicted octanol–water partition coefficient (Wildman–Crippen LogP) is 3.68. The van der Waals surface area contributed by atoms with Gasteiger partial charge in [-0.1, -0.05) is 12.1 Å². The van der Waals surface area contributed by atoms with E-state index >= 15 is 0 Å². The summed E-state index contributed by atoms with van der Waals surface area (Å²) in [6, 6.07) is 13.8. The molecule has 0 unspecified atom stereocenters. The number of hydrogen-bond donors (Lipinski definition) is 3. The summed E-state index contributed by atoms with van der Waals surface area (Å²) in [5.74, 6) is 1.22. The fraction of sp³-hybridized carbons (Fsp3) is 0.167. The second kappa shape index (κ2) is 8.72. The number of para-hydroxylation sites is 1. The molecule has 0 fully saturated rings. The average molecular weight is 447 g/mol. The maximum Gasteiger partial charge on any atom is 0.225 e. The lowest BCUT2D eigenvalue weighted by Gasteiger charge is -2.12. The largest absolute Gasteiger partial charge is 0.396 e. The molecule has 3 rings (SSSR count). The Labute approximate surface area is 159 Å². The van der Waals surface area contributed by atoms with Crippen LogP contribution < -0.4 is 10.6 Å². The number of anilines is 3. The molecule has 3 aromatic rings. The van der Waals surface area contributed by atoms with E-state index in [-0.39, 0.29) is 6.61 Å². The van der Waals surface area contributed by atoms with E-state index in [1.807, 2.05) is 42.5 Å². The van der Waals surface area contributed by atoms with Gasteiger partial charge in [0, 0.05) is 40.7 Å². The van der Waals surface area contributed by atoms with Crippen molar-refractivity contribution in [3.05, 3.63) is 58.4 Å². The van der Waals surface area contributed by atoms with Crippen LogP contribution in [0.4, 0.5) is 17.5 Å². The fourth-order valence-electron chi connectivity index (χ4n) is 2.23. The number of halogens is 1. The SMILES string of the molecule is OCCCNc1nc(Nc2ccccc2I)cc(-c2cccnc2)n1. The molecule has 0 bridgehead atoms. The summed E-state index contributed by atoms with van der Waals surface area (Å²) in [5, 5.41) is 15.5. The van der Waals surface area contributed by atoms with Gasteiger partial charge in [-0.2, -0.15) is 4.98 Å². The van der Waals surface area contributed by atoms with Crippen LogP contribution in [0.2, 0.25) is 0 Å². The molecule has 0 saturated heterocycles. The van der Waals surface area contributed by atoms with Gasteiger partial charge >= 0.3 is 0 Å². The van der Waals surface area contributed by atoms with Gasteiger partial charge in [0.05, 0.1) is 11.4 Å². The molecular weight excluding hydrogens is 429 g/mol. The molecule has 0 aliphatic rings. The lowest BCUT2D eigenvalue weighted by Crippen LogP contribution is -2.09. The molecule has 0 saturated carbocycles. The molecule has 7 heteroatoms. The van der Waals surface area contributed by atoms with Crippen molar-refractivity contribution in [2.45, 2.75) is 6.42 Å². The smallest absolute Gasteiger partial charge is 0.225 e. The third-order valence-corrected chi connectivity index (χ3v) is 4.38. The number of aliphatic hydroxyl groups excluding tert-OH is 1. The van der Waals surface area contributed by atoms with Crippen LogP contribution in [-0.2, 0) is 0 Å². The lowest BCUT2D eigenvalue weighted by atomic mass is 10.2. The van der Waals surface area contributed by atoms with Crippen LogP contribution in [0.1, 0.15) is 6.42 Å². The Morgan fingerprint density at radius 2 is 1.96 bits per heavy atom. The van der Waals surface area contributed by atoms with Gasteiger partial charge in [0.15, 0.2) is 0 Å². The number of nitrogens with one attached hydrogen (secondary N) is 2. The van der Waals surface area contributed by atoms with Gasteiger partial charge < -0.3 is 15.7 Å². The number of aliphatic hydroxyl groups is 1. The summed E-state index contributed by atoms with van der Waals surface area (Å²) in [7, 11) is 0. The summed E-state index contributed by atoms with van der Waals surface area (Å²) in [6.07, 6.45) is 4.15. The Kier molecular flexibility index (Phi) is 6.13. The highest BCUT2D eigenvalue weighted by Gasteiger charge is 2.08. The molecule has 25 heavy (non-hydrogen) atoms. The van der Waals surface area contributed by atoms with E-state index in [0.717, 1.165) is 20.5 Å². The van der Waals surface area contributed by atoms with Crippen LogP contribution in [-0.4, -0.2) is 33.2 Å². The number of aromatic nitrogens is 3. The number of hydrogen-bond acceptors (Lipinski definition) is 6. The van der Waals surface area contributed by atoms with Gasteiger partial charge in [0.25, 0.3) is 0 Å². The van der Waals surface area contributed by atoms with E-state index in [9.17, 15) is 0 Å². The van der Waals surface area contributed by atoms with Crippen molar-refractivity contribution >= 4 is 40.0 Å². The zero-order chi connectivity index (χ0) is 17.5. The standard InChI is InChI=1S/C18H18IN5O/c19-14-6-1-2-7-15(14)22-17-11-16(13-5-3-8-20-12-13)23-18(24-17)21-9-4-10-25/h1-3,5-8,11-12,25H,4,9-10H2,(H2,21,22,23,24). The van der Waals surface area contributed by atoms with Crippen LogP contribution in [0, 0.1) is 3.57 Å². The molecule has 0 aliphatic heterocycles. The van der Waals surface area contributed by atoms with Crippen molar-refractivity contribution in [2.24, 2.45) is 0 Å². The topological polar surface area (TPSA) is 83.0 Å². The first-order chi connectivity index (χ1) is 12.3. The van der Waals surface area contributed by atoms with Crippen LogP contribution >= 0.6 is 22.6 Å². The average Bonchev–Trinajstić information content (AvgIpc) is 2.64. The summed E-state index contributed by atoms with van der Waals surface area (Å²) in [4.78, 5) is 13.2. The first-order valence-corrected chi connectivity index (χ1v) is 9.00. The van der Waals surface area contributed by atoms with Crippen molar-refractivity contribution in [1.29, 1.82) is 0 Å². The van der Waals surface area contributed by atoms with Crippen molar-refractivity contribution in [3.8, 4) is 11.3 Å². The lowest BCUT2D eigenvalue weighted by molar-refractivity contribution is 0.292. The fourth-order valence-corrected chi connectivity index (χ4v) is 2.75. The Hall–Kier alpha value is -2.26.